The fourth-order valence-electron chi connectivity index (χ4n) is 3.54. The number of amides is 3. The molecular weight excluding hydrogens is 376 g/mol. The molecule has 0 heterocycles. The van der Waals surface area contributed by atoms with Crippen LogP contribution >= 0.6 is 12.4 Å². The van der Waals surface area contributed by atoms with Crippen LogP contribution in [0.3, 0.4) is 0 Å². The van der Waals surface area contributed by atoms with Crippen molar-refractivity contribution in [3.05, 3.63) is 54.1 Å². The first-order chi connectivity index (χ1) is 13.1. The molecule has 6 nitrogen and oxygen atoms in total. The van der Waals surface area contributed by atoms with Gasteiger partial charge in [-0.15, -0.1) is 12.4 Å². The topological polar surface area (TPSA) is 96.2 Å². The lowest BCUT2D eigenvalue weighted by Gasteiger charge is -2.19. The smallest absolute Gasteiger partial charge is 0.323 e. The molecule has 150 valence electrons. The third-order valence-electron chi connectivity index (χ3n) is 5.08. The minimum Gasteiger partial charge on any atom is -0.330 e. The van der Waals surface area contributed by atoms with Gasteiger partial charge in [0.05, 0.1) is 0 Å². The van der Waals surface area contributed by atoms with Gasteiger partial charge in [-0.05, 0) is 62.1 Å². The van der Waals surface area contributed by atoms with E-state index in [0.717, 1.165) is 24.8 Å². The molecule has 0 aliphatic heterocycles. The molecule has 0 unspecified atom stereocenters. The zero-order valence-electron chi connectivity index (χ0n) is 15.9. The summed E-state index contributed by atoms with van der Waals surface area (Å²) < 4.78 is 0. The van der Waals surface area contributed by atoms with E-state index in [2.05, 4.69) is 16.0 Å². The number of para-hydroxylation sites is 1. The minimum absolute atomic E-state index is 0. The van der Waals surface area contributed by atoms with Gasteiger partial charge in [-0.25, -0.2) is 4.79 Å². The maximum absolute atomic E-state index is 12.6. The molecule has 3 rings (SSSR count). The Kier molecular flexibility index (Phi) is 7.84. The monoisotopic (exact) mass is 402 g/mol. The van der Waals surface area contributed by atoms with Crippen molar-refractivity contribution in [2.75, 3.05) is 22.5 Å². The summed E-state index contributed by atoms with van der Waals surface area (Å²) in [4.78, 5) is 24.8. The van der Waals surface area contributed by atoms with Crippen LogP contribution in [0.1, 0.15) is 24.8 Å². The second-order valence-electron chi connectivity index (χ2n) is 7.00. The summed E-state index contributed by atoms with van der Waals surface area (Å²) in [5.74, 6) is 0.229. The van der Waals surface area contributed by atoms with E-state index in [1.54, 1.807) is 6.07 Å². The van der Waals surface area contributed by atoms with Crippen molar-refractivity contribution in [2.45, 2.75) is 26.2 Å². The number of anilines is 3. The Bertz CT molecular complexity index is 813. The van der Waals surface area contributed by atoms with Crippen molar-refractivity contribution in [3.63, 3.8) is 0 Å². The Morgan fingerprint density at radius 3 is 2.43 bits per heavy atom. The van der Waals surface area contributed by atoms with Crippen LogP contribution in [0.15, 0.2) is 48.5 Å². The highest BCUT2D eigenvalue weighted by molar-refractivity contribution is 6.00. The first-order valence-electron chi connectivity index (χ1n) is 9.31. The summed E-state index contributed by atoms with van der Waals surface area (Å²) in [5.41, 5.74) is 8.78. The molecular formula is C21H27ClN4O2. The molecule has 28 heavy (non-hydrogen) atoms. The fraction of sp³-hybridized carbons (Fsp3) is 0.333. The number of nitrogens with two attached hydrogens (primary N) is 1. The summed E-state index contributed by atoms with van der Waals surface area (Å²) in [5, 5.41) is 8.59. The number of hydrogen-bond acceptors (Lipinski definition) is 3. The van der Waals surface area contributed by atoms with Gasteiger partial charge in [0.1, 0.15) is 0 Å². The fourth-order valence-corrected chi connectivity index (χ4v) is 3.54. The number of urea groups is 1. The lowest BCUT2D eigenvalue weighted by Crippen LogP contribution is -2.30. The molecule has 2 aromatic carbocycles. The van der Waals surface area contributed by atoms with E-state index in [0.29, 0.717) is 23.6 Å². The highest BCUT2D eigenvalue weighted by Gasteiger charge is 2.32. The van der Waals surface area contributed by atoms with Crippen molar-refractivity contribution in [2.24, 2.45) is 17.6 Å². The molecule has 2 atom stereocenters. The van der Waals surface area contributed by atoms with Crippen molar-refractivity contribution < 1.29 is 9.59 Å². The van der Waals surface area contributed by atoms with Crippen molar-refractivity contribution in [1.29, 1.82) is 0 Å². The normalized spacial score (nSPS) is 18.1. The summed E-state index contributed by atoms with van der Waals surface area (Å²) in [6.45, 7) is 2.47. The lowest BCUT2D eigenvalue weighted by atomic mass is 9.95. The Morgan fingerprint density at radius 1 is 1.00 bits per heavy atom. The minimum atomic E-state index is -0.332. The average molecular weight is 403 g/mol. The highest BCUT2D eigenvalue weighted by Crippen LogP contribution is 2.32. The number of rotatable bonds is 5. The maximum Gasteiger partial charge on any atom is 0.323 e. The van der Waals surface area contributed by atoms with Gasteiger partial charge in [0.15, 0.2) is 0 Å². The summed E-state index contributed by atoms with van der Waals surface area (Å²) in [6, 6.07) is 14.4. The van der Waals surface area contributed by atoms with Gasteiger partial charge < -0.3 is 21.7 Å². The highest BCUT2D eigenvalue weighted by atomic mass is 35.5. The Hall–Kier alpha value is -2.57. The number of carbonyl (C=O) groups is 2. The van der Waals surface area contributed by atoms with Crippen LogP contribution in [0.4, 0.5) is 21.9 Å². The molecule has 0 radical (unpaired) electrons. The third-order valence-corrected chi connectivity index (χ3v) is 5.08. The molecule has 1 fully saturated rings. The summed E-state index contributed by atoms with van der Waals surface area (Å²) >= 11 is 0. The van der Waals surface area contributed by atoms with Gasteiger partial charge in [-0.1, -0.05) is 30.7 Å². The first-order valence-corrected chi connectivity index (χ1v) is 9.31. The largest absolute Gasteiger partial charge is 0.330 e. The molecule has 0 bridgehead atoms. The quantitative estimate of drug-likeness (QED) is 0.597. The molecule has 7 heteroatoms. The average Bonchev–Trinajstić information content (AvgIpc) is 3.14. The standard InChI is InChI=1S/C21H26N4O2.ClH/c1-14-10-11-17(24-21(27)23-16-7-3-2-4-8-16)12-19(14)25-20(26)18-9-5-6-15(18)13-22;/h2-4,7-8,10-12,15,18H,5-6,9,13,22H2,1H3,(H,25,26)(H2,23,24,27);1H/t15-,18-;/m1./s1. The van der Waals surface area contributed by atoms with Crippen LogP contribution in [0.2, 0.25) is 0 Å². The van der Waals surface area contributed by atoms with Crippen LogP contribution in [0.5, 0.6) is 0 Å². The van der Waals surface area contributed by atoms with Gasteiger partial charge in [0, 0.05) is 23.0 Å². The molecule has 1 aliphatic rings. The predicted molar refractivity (Wildman–Crippen MR) is 116 cm³/mol. The van der Waals surface area contributed by atoms with Gasteiger partial charge in [-0.2, -0.15) is 0 Å². The van der Waals surface area contributed by atoms with Gasteiger partial charge >= 0.3 is 6.03 Å². The molecule has 1 aliphatic carbocycles. The van der Waals surface area contributed by atoms with E-state index in [1.807, 2.05) is 49.4 Å². The molecule has 0 saturated heterocycles. The van der Waals surface area contributed by atoms with E-state index in [4.69, 9.17) is 5.73 Å². The zero-order valence-corrected chi connectivity index (χ0v) is 16.7. The maximum atomic E-state index is 12.6. The summed E-state index contributed by atoms with van der Waals surface area (Å²) in [6.07, 6.45) is 2.93. The summed E-state index contributed by atoms with van der Waals surface area (Å²) in [7, 11) is 0. The molecule has 5 N–H and O–H groups in total. The predicted octanol–water partition coefficient (Wildman–Crippen LogP) is 4.37. The van der Waals surface area contributed by atoms with Gasteiger partial charge in [0.25, 0.3) is 0 Å². The SMILES string of the molecule is Cc1ccc(NC(=O)Nc2ccccc2)cc1NC(=O)[C@@H]1CCC[C@@H]1CN.Cl. The van der Waals surface area contributed by atoms with Gasteiger partial charge in [-0.3, -0.25) is 4.79 Å². The Labute approximate surface area is 171 Å². The van der Waals surface area contributed by atoms with Crippen LogP contribution in [-0.2, 0) is 4.79 Å². The van der Waals surface area contributed by atoms with E-state index in [-0.39, 0.29) is 36.2 Å². The van der Waals surface area contributed by atoms with Crippen LogP contribution < -0.4 is 21.7 Å². The van der Waals surface area contributed by atoms with E-state index in [1.165, 1.54) is 0 Å². The van der Waals surface area contributed by atoms with E-state index in [9.17, 15) is 9.59 Å². The molecule has 1 saturated carbocycles. The number of nitrogens with one attached hydrogen (secondary N) is 3. The number of benzene rings is 2. The number of halogens is 1. The van der Waals surface area contributed by atoms with Crippen LogP contribution in [-0.4, -0.2) is 18.5 Å². The first kappa shape index (κ1) is 21.7. The van der Waals surface area contributed by atoms with Crippen molar-refractivity contribution >= 4 is 41.4 Å². The lowest BCUT2D eigenvalue weighted by molar-refractivity contribution is -0.120. The number of carbonyl (C=O) groups excluding carboxylic acids is 2. The number of hydrogen-bond donors (Lipinski definition) is 4. The number of aryl methyl sites for hydroxylation is 1. The van der Waals surface area contributed by atoms with E-state index < -0.39 is 0 Å². The molecule has 0 aromatic heterocycles. The zero-order chi connectivity index (χ0) is 19.2. The molecule has 2 aromatic rings. The van der Waals surface area contributed by atoms with Crippen molar-refractivity contribution in [1.82, 2.24) is 0 Å². The third kappa shape index (κ3) is 5.47. The van der Waals surface area contributed by atoms with E-state index >= 15 is 0 Å². The second-order valence-corrected chi connectivity index (χ2v) is 7.00. The van der Waals surface area contributed by atoms with Crippen LogP contribution in [0.25, 0.3) is 0 Å². The molecule has 0 spiro atoms. The Morgan fingerprint density at radius 2 is 1.71 bits per heavy atom. The van der Waals surface area contributed by atoms with Crippen LogP contribution in [0, 0.1) is 18.8 Å². The second kappa shape index (κ2) is 10.1. The van der Waals surface area contributed by atoms with Gasteiger partial charge in [0.2, 0.25) is 5.91 Å². The van der Waals surface area contributed by atoms with Crippen molar-refractivity contribution in [3.8, 4) is 0 Å². The molecule has 3 amide bonds. The Balaban J connectivity index is 0.00000280.